The van der Waals surface area contributed by atoms with Crippen LogP contribution in [0.3, 0.4) is 0 Å². The molecule has 0 radical (unpaired) electrons. The van der Waals surface area contributed by atoms with Crippen molar-refractivity contribution >= 4 is 0 Å². The number of nitriles is 2. The van der Waals surface area contributed by atoms with Crippen molar-refractivity contribution in [2.75, 3.05) is 19.6 Å². The first-order valence-electron chi connectivity index (χ1n) is 19.0. The highest BCUT2D eigenvalue weighted by Gasteiger charge is 2.19. The van der Waals surface area contributed by atoms with Crippen LogP contribution in [0.5, 0.6) is 11.5 Å². The number of piperidine rings is 1. The predicted octanol–water partition coefficient (Wildman–Crippen LogP) is 7.19. The molecule has 1 aliphatic rings. The summed E-state index contributed by atoms with van der Waals surface area (Å²) in [5.41, 5.74) is 13.3. The number of aliphatic hydroxyl groups is 1. The fraction of sp³-hybridized carbons (Fsp3) is 0.289. The molecule has 1 aliphatic heterocycles. The molecular weight excluding hydrogens is 701 g/mol. The van der Waals surface area contributed by atoms with Crippen LogP contribution in [0.25, 0.3) is 11.4 Å². The van der Waals surface area contributed by atoms with E-state index in [1.165, 1.54) is 24.8 Å². The molecule has 11 nitrogen and oxygen atoms in total. The van der Waals surface area contributed by atoms with E-state index in [-0.39, 0.29) is 13.2 Å². The van der Waals surface area contributed by atoms with Crippen molar-refractivity contribution in [2.45, 2.75) is 58.8 Å². The molecule has 2 aromatic heterocycles. The van der Waals surface area contributed by atoms with Gasteiger partial charge in [-0.25, -0.2) is 9.36 Å². The molecule has 1 unspecified atom stereocenters. The summed E-state index contributed by atoms with van der Waals surface area (Å²) in [6.07, 6.45) is 4.26. The van der Waals surface area contributed by atoms with Gasteiger partial charge in [0.15, 0.2) is 0 Å². The molecule has 1 saturated heterocycles. The van der Waals surface area contributed by atoms with Crippen LogP contribution in [0.2, 0.25) is 0 Å². The van der Waals surface area contributed by atoms with Crippen LogP contribution in [-0.2, 0) is 19.6 Å². The second-order valence-corrected chi connectivity index (χ2v) is 13.8. The van der Waals surface area contributed by atoms with Gasteiger partial charge in [-0.05, 0) is 118 Å². The first-order valence-corrected chi connectivity index (χ1v) is 19.0. The summed E-state index contributed by atoms with van der Waals surface area (Å²) < 4.78 is 15.4. The monoisotopic (exact) mass is 748 g/mol. The van der Waals surface area contributed by atoms with Gasteiger partial charge < -0.3 is 25.6 Å². The van der Waals surface area contributed by atoms with E-state index in [2.05, 4.69) is 39.8 Å². The Balaban J connectivity index is 0.000000192. The van der Waals surface area contributed by atoms with Crippen LogP contribution < -0.4 is 20.5 Å². The third-order valence-corrected chi connectivity index (χ3v) is 10.00. The van der Waals surface area contributed by atoms with E-state index in [0.717, 1.165) is 53.8 Å². The second-order valence-electron chi connectivity index (χ2n) is 13.8. The SMILES string of the molecule is Cc1nn(-c2ccccc2)c(COc2ccc(C(O)CN)cc2)c1C#N.Cc1nn(-c2ccccc2)c(COc2ccc(CCC3CCNCC3)cc2)c1C#N. The van der Waals surface area contributed by atoms with Crippen molar-refractivity contribution in [3.05, 3.63) is 154 Å². The van der Waals surface area contributed by atoms with Gasteiger partial charge in [0.2, 0.25) is 0 Å². The minimum atomic E-state index is -0.684. The van der Waals surface area contributed by atoms with Crippen LogP contribution in [0, 0.1) is 42.4 Å². The number of aliphatic hydroxyl groups excluding tert-OH is 1. The lowest BCUT2D eigenvalue weighted by Gasteiger charge is -2.22. The standard InChI is InChI=1S/C25H28N4O.C20H20N4O2/c1-19-24(17-26)25(29(28-19)22-5-3-2-4-6-22)18-30-23-11-9-20(10-12-23)7-8-21-13-15-27-16-14-21;1-14-18(11-21)19(24(23-14)16-5-3-2-4-6-16)13-26-17-9-7-15(8-10-17)20(25)12-22/h2-6,9-12,21,27H,7-8,13-16,18H2,1H3;2-10,20,25H,12-13,22H2,1H3. The van der Waals surface area contributed by atoms with Gasteiger partial charge in [0.25, 0.3) is 0 Å². The van der Waals surface area contributed by atoms with E-state index in [1.54, 1.807) is 33.6 Å². The number of hydrogen-bond donors (Lipinski definition) is 3. The lowest BCUT2D eigenvalue weighted by Crippen LogP contribution is -2.27. The summed E-state index contributed by atoms with van der Waals surface area (Å²) in [7, 11) is 0. The molecule has 4 aromatic carbocycles. The molecule has 56 heavy (non-hydrogen) atoms. The van der Waals surface area contributed by atoms with Crippen LogP contribution in [-0.4, -0.2) is 44.3 Å². The van der Waals surface area contributed by atoms with Crippen molar-refractivity contribution < 1.29 is 14.6 Å². The zero-order chi connectivity index (χ0) is 39.3. The van der Waals surface area contributed by atoms with E-state index in [1.807, 2.05) is 86.6 Å². The molecule has 0 saturated carbocycles. The van der Waals surface area contributed by atoms with Gasteiger partial charge in [0, 0.05) is 6.54 Å². The number of nitrogens with two attached hydrogens (primary N) is 1. The van der Waals surface area contributed by atoms with Crippen molar-refractivity contribution in [1.29, 1.82) is 10.5 Å². The first kappa shape index (κ1) is 39.5. The zero-order valence-corrected chi connectivity index (χ0v) is 31.9. The minimum absolute atomic E-state index is 0.168. The third-order valence-electron chi connectivity index (χ3n) is 10.00. The lowest BCUT2D eigenvalue weighted by atomic mass is 9.91. The number of ether oxygens (including phenoxy) is 2. The van der Waals surface area contributed by atoms with Gasteiger partial charge in [0.1, 0.15) is 48.0 Å². The Bertz CT molecular complexity index is 2230. The molecule has 286 valence electrons. The second kappa shape index (κ2) is 19.4. The third kappa shape index (κ3) is 9.89. The number of aryl methyl sites for hydroxylation is 3. The highest BCUT2D eigenvalue weighted by atomic mass is 16.5. The number of benzene rings is 4. The number of hydrogen-bond acceptors (Lipinski definition) is 9. The molecule has 1 atom stereocenters. The van der Waals surface area contributed by atoms with Crippen LogP contribution >= 0.6 is 0 Å². The van der Waals surface area contributed by atoms with Gasteiger partial charge in [-0.15, -0.1) is 0 Å². The smallest absolute Gasteiger partial charge is 0.132 e. The number of para-hydroxylation sites is 2. The molecule has 11 heteroatoms. The summed E-state index contributed by atoms with van der Waals surface area (Å²) in [5, 5.41) is 41.3. The Kier molecular flexibility index (Phi) is 13.7. The largest absolute Gasteiger partial charge is 0.487 e. The van der Waals surface area contributed by atoms with Crippen molar-refractivity contribution in [2.24, 2.45) is 11.7 Å². The quantitative estimate of drug-likeness (QED) is 0.111. The first-order chi connectivity index (χ1) is 27.4. The molecular formula is C45H48N8O3. The number of nitrogens with one attached hydrogen (secondary N) is 1. The maximum atomic E-state index is 9.75. The summed E-state index contributed by atoms with van der Waals surface area (Å²) in [5.74, 6) is 2.29. The molecule has 0 spiro atoms. The fourth-order valence-corrected chi connectivity index (χ4v) is 6.79. The van der Waals surface area contributed by atoms with Gasteiger partial charge in [-0.1, -0.05) is 60.7 Å². The Morgan fingerprint density at radius 3 is 1.64 bits per heavy atom. The highest BCUT2D eigenvalue weighted by molar-refractivity contribution is 5.45. The topological polar surface area (TPSA) is 160 Å². The van der Waals surface area contributed by atoms with E-state index >= 15 is 0 Å². The predicted molar refractivity (Wildman–Crippen MR) is 216 cm³/mol. The highest BCUT2D eigenvalue weighted by Crippen LogP contribution is 2.25. The lowest BCUT2D eigenvalue weighted by molar-refractivity contribution is 0.186. The molecule has 0 bridgehead atoms. The van der Waals surface area contributed by atoms with Crippen LogP contribution in [0.15, 0.2) is 109 Å². The molecule has 7 rings (SSSR count). The van der Waals surface area contributed by atoms with Crippen molar-refractivity contribution in [3.63, 3.8) is 0 Å². The number of aromatic nitrogens is 4. The molecule has 4 N–H and O–H groups in total. The molecule has 1 fully saturated rings. The molecule has 3 heterocycles. The zero-order valence-electron chi connectivity index (χ0n) is 31.9. The summed E-state index contributed by atoms with van der Waals surface area (Å²) in [4.78, 5) is 0. The van der Waals surface area contributed by atoms with Crippen molar-refractivity contribution in [1.82, 2.24) is 24.9 Å². The summed E-state index contributed by atoms with van der Waals surface area (Å²) in [6.45, 7) is 6.65. The van der Waals surface area contributed by atoms with E-state index in [0.29, 0.717) is 40.6 Å². The molecule has 6 aromatic rings. The Morgan fingerprint density at radius 2 is 1.20 bits per heavy atom. The summed E-state index contributed by atoms with van der Waals surface area (Å²) >= 11 is 0. The Hall–Kier alpha value is -6.24. The number of nitrogens with zero attached hydrogens (tertiary/aromatic N) is 6. The normalized spacial score (nSPS) is 13.2. The maximum Gasteiger partial charge on any atom is 0.132 e. The maximum absolute atomic E-state index is 9.75. The van der Waals surface area contributed by atoms with Gasteiger partial charge in [-0.3, -0.25) is 0 Å². The average Bonchev–Trinajstić information content (AvgIpc) is 3.76. The Labute approximate surface area is 328 Å². The average molecular weight is 749 g/mol. The fourth-order valence-electron chi connectivity index (χ4n) is 6.79. The number of rotatable bonds is 13. The minimum Gasteiger partial charge on any atom is -0.487 e. The van der Waals surface area contributed by atoms with E-state index < -0.39 is 6.10 Å². The van der Waals surface area contributed by atoms with Gasteiger partial charge in [-0.2, -0.15) is 20.7 Å². The Morgan fingerprint density at radius 1 is 0.732 bits per heavy atom. The van der Waals surface area contributed by atoms with E-state index in [4.69, 9.17) is 15.2 Å². The van der Waals surface area contributed by atoms with Crippen LogP contribution in [0.4, 0.5) is 0 Å². The van der Waals surface area contributed by atoms with Gasteiger partial charge in [0.05, 0.1) is 40.3 Å². The molecule has 0 aliphatic carbocycles. The molecule has 0 amide bonds. The summed E-state index contributed by atoms with van der Waals surface area (Å²) in [6, 6.07) is 39.4. The van der Waals surface area contributed by atoms with Gasteiger partial charge >= 0.3 is 0 Å². The van der Waals surface area contributed by atoms with Crippen molar-refractivity contribution in [3.8, 4) is 35.0 Å². The van der Waals surface area contributed by atoms with Crippen LogP contribution in [0.1, 0.15) is 70.4 Å². The van der Waals surface area contributed by atoms with E-state index in [9.17, 15) is 15.6 Å².